The molecule has 0 fully saturated rings. The van der Waals surface area contributed by atoms with Crippen molar-refractivity contribution in [3.8, 4) is 0 Å². The van der Waals surface area contributed by atoms with Crippen LogP contribution < -0.4 is 0 Å². The number of rotatable bonds is 1. The van der Waals surface area contributed by atoms with Crippen molar-refractivity contribution in [2.75, 3.05) is 0 Å². The second kappa shape index (κ2) is 3.02. The molecule has 2 rings (SSSR count). The molecule has 0 aliphatic heterocycles. The maximum atomic E-state index is 9.77. The minimum absolute atomic E-state index is 0.257. The van der Waals surface area contributed by atoms with Crippen molar-refractivity contribution in [1.82, 2.24) is 0 Å². The number of hydrogen-bond acceptors (Lipinski definition) is 1. The van der Waals surface area contributed by atoms with E-state index in [4.69, 9.17) is 0 Å². The maximum Gasteiger partial charge on any atom is 0.106 e. The van der Waals surface area contributed by atoms with E-state index in [0.717, 1.165) is 18.4 Å². The van der Waals surface area contributed by atoms with Gasteiger partial charge < -0.3 is 5.11 Å². The molecule has 0 aromatic rings. The van der Waals surface area contributed by atoms with Crippen LogP contribution >= 0.6 is 0 Å². The van der Waals surface area contributed by atoms with E-state index in [-0.39, 0.29) is 5.92 Å². The van der Waals surface area contributed by atoms with Gasteiger partial charge in [-0.2, -0.15) is 0 Å². The van der Waals surface area contributed by atoms with E-state index >= 15 is 0 Å². The summed E-state index contributed by atoms with van der Waals surface area (Å²) in [6.45, 7) is 0. The Morgan fingerprint density at radius 3 is 2.67 bits per heavy atom. The molecule has 0 saturated carbocycles. The van der Waals surface area contributed by atoms with E-state index in [2.05, 4.69) is 12.2 Å². The Morgan fingerprint density at radius 1 is 1.33 bits per heavy atom. The van der Waals surface area contributed by atoms with Gasteiger partial charge in [-0.05, 0) is 12.8 Å². The van der Waals surface area contributed by atoms with Crippen LogP contribution in [0.15, 0.2) is 47.8 Å². The highest BCUT2D eigenvalue weighted by atomic mass is 16.3. The van der Waals surface area contributed by atoms with Crippen LogP contribution in [-0.4, -0.2) is 5.11 Å². The molecule has 0 radical (unpaired) electrons. The summed E-state index contributed by atoms with van der Waals surface area (Å²) in [7, 11) is 0. The Labute approximate surface area is 72.4 Å². The summed E-state index contributed by atoms with van der Waals surface area (Å²) in [4.78, 5) is 0. The fourth-order valence-electron chi connectivity index (χ4n) is 1.62. The van der Waals surface area contributed by atoms with Crippen molar-refractivity contribution in [3.05, 3.63) is 47.8 Å². The highest BCUT2D eigenvalue weighted by Crippen LogP contribution is 2.27. The summed E-state index contributed by atoms with van der Waals surface area (Å²) in [5, 5.41) is 9.77. The van der Waals surface area contributed by atoms with E-state index in [1.54, 1.807) is 0 Å². The van der Waals surface area contributed by atoms with Crippen molar-refractivity contribution in [2.24, 2.45) is 5.92 Å². The van der Waals surface area contributed by atoms with Gasteiger partial charge in [0.2, 0.25) is 0 Å². The number of aliphatic hydroxyl groups is 1. The molecule has 2 aliphatic carbocycles. The van der Waals surface area contributed by atoms with Gasteiger partial charge in [-0.15, -0.1) is 0 Å². The van der Waals surface area contributed by atoms with Gasteiger partial charge in [0.1, 0.15) is 5.76 Å². The lowest BCUT2D eigenvalue weighted by Gasteiger charge is -2.07. The van der Waals surface area contributed by atoms with Crippen LogP contribution in [0, 0.1) is 5.92 Å². The minimum Gasteiger partial charge on any atom is -0.511 e. The average Bonchev–Trinajstić information content (AvgIpc) is 2.77. The molecule has 0 saturated heterocycles. The molecule has 2 aliphatic rings. The third-order valence-corrected chi connectivity index (χ3v) is 2.32. The predicted octanol–water partition coefficient (Wildman–Crippen LogP) is 2.89. The predicted molar refractivity (Wildman–Crippen MR) is 49.8 cm³/mol. The first-order valence-electron chi connectivity index (χ1n) is 4.32. The van der Waals surface area contributed by atoms with E-state index in [0.29, 0.717) is 5.76 Å². The first-order chi connectivity index (χ1) is 5.88. The summed E-state index contributed by atoms with van der Waals surface area (Å²) in [6.07, 6.45) is 14.1. The lowest BCUT2D eigenvalue weighted by molar-refractivity contribution is 0.351. The van der Waals surface area contributed by atoms with Crippen LogP contribution in [-0.2, 0) is 0 Å². The Kier molecular flexibility index (Phi) is 1.86. The Hall–Kier alpha value is -1.24. The summed E-state index contributed by atoms with van der Waals surface area (Å²) in [6, 6.07) is 0. The van der Waals surface area contributed by atoms with Crippen LogP contribution in [0.2, 0.25) is 0 Å². The number of hydrogen-bond donors (Lipinski definition) is 1. The fraction of sp³-hybridized carbons (Fsp3) is 0.273. The summed E-state index contributed by atoms with van der Waals surface area (Å²) in [5.41, 5.74) is 0.964. The zero-order valence-electron chi connectivity index (χ0n) is 6.90. The van der Waals surface area contributed by atoms with E-state index in [1.165, 1.54) is 0 Å². The standard InChI is InChI=1S/C11H12O/c12-11(9-5-1-2-6-9)10-7-3-4-8-10/h1-3,5-7,10,12H,4,8H2. The molecule has 62 valence electrons. The molecule has 0 amide bonds. The van der Waals surface area contributed by atoms with E-state index < -0.39 is 0 Å². The molecule has 0 aromatic heterocycles. The molecule has 1 unspecified atom stereocenters. The average molecular weight is 160 g/mol. The van der Waals surface area contributed by atoms with Gasteiger partial charge in [-0.3, -0.25) is 0 Å². The van der Waals surface area contributed by atoms with Gasteiger partial charge in [0.05, 0.1) is 0 Å². The molecule has 0 bridgehead atoms. The van der Waals surface area contributed by atoms with E-state index in [9.17, 15) is 5.11 Å². The van der Waals surface area contributed by atoms with Gasteiger partial charge >= 0.3 is 0 Å². The largest absolute Gasteiger partial charge is 0.511 e. The molecular weight excluding hydrogens is 148 g/mol. The monoisotopic (exact) mass is 160 g/mol. The van der Waals surface area contributed by atoms with Crippen molar-refractivity contribution in [2.45, 2.75) is 12.8 Å². The SMILES string of the molecule is OC(=C1C=CC=C1)C1C=CCC1. The lowest BCUT2D eigenvalue weighted by Crippen LogP contribution is -1.98. The first kappa shape index (κ1) is 7.41. The molecule has 1 atom stereocenters. The highest BCUT2D eigenvalue weighted by molar-refractivity contribution is 5.43. The van der Waals surface area contributed by atoms with Crippen LogP contribution in [0.4, 0.5) is 0 Å². The van der Waals surface area contributed by atoms with Crippen LogP contribution in [0.3, 0.4) is 0 Å². The molecule has 0 aromatic carbocycles. The maximum absolute atomic E-state index is 9.77. The van der Waals surface area contributed by atoms with Gasteiger partial charge in [-0.25, -0.2) is 0 Å². The Morgan fingerprint density at radius 2 is 2.08 bits per heavy atom. The van der Waals surface area contributed by atoms with E-state index in [1.807, 2.05) is 24.3 Å². The molecular formula is C11H12O. The second-order valence-electron chi connectivity index (χ2n) is 3.17. The fourth-order valence-corrected chi connectivity index (χ4v) is 1.62. The smallest absolute Gasteiger partial charge is 0.106 e. The number of allylic oxidation sites excluding steroid dienone is 7. The van der Waals surface area contributed by atoms with Crippen molar-refractivity contribution in [3.63, 3.8) is 0 Å². The summed E-state index contributed by atoms with van der Waals surface area (Å²) < 4.78 is 0. The van der Waals surface area contributed by atoms with Gasteiger partial charge in [0.25, 0.3) is 0 Å². The van der Waals surface area contributed by atoms with Gasteiger partial charge in [-0.1, -0.05) is 36.5 Å². The quantitative estimate of drug-likeness (QED) is 0.462. The van der Waals surface area contributed by atoms with Gasteiger partial charge in [0, 0.05) is 11.5 Å². The number of aliphatic hydroxyl groups excluding tert-OH is 1. The first-order valence-corrected chi connectivity index (χ1v) is 4.32. The summed E-state index contributed by atoms with van der Waals surface area (Å²) >= 11 is 0. The van der Waals surface area contributed by atoms with Crippen LogP contribution in [0.5, 0.6) is 0 Å². The molecule has 0 spiro atoms. The Balaban J connectivity index is 2.22. The molecule has 0 heterocycles. The molecule has 1 N–H and O–H groups in total. The Bertz CT molecular complexity index is 278. The topological polar surface area (TPSA) is 20.2 Å². The van der Waals surface area contributed by atoms with Crippen molar-refractivity contribution in [1.29, 1.82) is 0 Å². The molecule has 1 nitrogen and oxygen atoms in total. The molecule has 1 heteroatoms. The third kappa shape index (κ3) is 1.22. The second-order valence-corrected chi connectivity index (χ2v) is 3.17. The van der Waals surface area contributed by atoms with Crippen molar-refractivity contribution < 1.29 is 5.11 Å². The lowest BCUT2D eigenvalue weighted by atomic mass is 10.0. The van der Waals surface area contributed by atoms with Crippen LogP contribution in [0.25, 0.3) is 0 Å². The zero-order valence-corrected chi connectivity index (χ0v) is 6.90. The molecule has 12 heavy (non-hydrogen) atoms. The normalized spacial score (nSPS) is 25.7. The highest BCUT2D eigenvalue weighted by Gasteiger charge is 2.16. The zero-order chi connectivity index (χ0) is 8.39. The summed E-state index contributed by atoms with van der Waals surface area (Å²) in [5.74, 6) is 0.779. The van der Waals surface area contributed by atoms with Gasteiger partial charge in [0.15, 0.2) is 0 Å². The third-order valence-electron chi connectivity index (χ3n) is 2.32. The van der Waals surface area contributed by atoms with Crippen molar-refractivity contribution >= 4 is 0 Å². The minimum atomic E-state index is 0.257. The van der Waals surface area contributed by atoms with Crippen LogP contribution in [0.1, 0.15) is 12.8 Å².